The fourth-order valence-electron chi connectivity index (χ4n) is 0. The molecule has 0 amide bonds. The lowest BCUT2D eigenvalue weighted by Gasteiger charge is -1.67. The highest BCUT2D eigenvalue weighted by Crippen LogP contribution is 1.35. The maximum Gasteiger partial charge on any atom is 0.292 e. The Morgan fingerprint density at radius 1 is 2.50 bits per heavy atom. The van der Waals surface area contributed by atoms with Gasteiger partial charge in [0.1, 0.15) is 0 Å². The molecule has 0 unspecified atom stereocenters. The third-order valence-corrected chi connectivity index (χ3v) is 0.0833. The normalized spacial score (nSPS) is 8.75. The molecule has 0 spiro atoms. The quantitative estimate of drug-likeness (QED) is 0.362. The van der Waals surface area contributed by atoms with E-state index in [0.717, 1.165) is 7.11 Å². The second-order valence-corrected chi connectivity index (χ2v) is 0.287. The molecule has 0 heterocycles. The lowest BCUT2D eigenvalue weighted by Crippen LogP contribution is -1.68. The second kappa shape index (κ2) is 2.47. The molecule has 0 radical (unpaired) electrons. The van der Waals surface area contributed by atoms with Crippen molar-refractivity contribution in [3.63, 3.8) is 0 Å². The first-order valence-corrected chi connectivity index (χ1v) is 0.816. The van der Waals surface area contributed by atoms with E-state index in [1.807, 2.05) is 0 Å². The van der Waals surface area contributed by atoms with Crippen molar-refractivity contribution in [1.29, 1.82) is 0 Å². The van der Waals surface area contributed by atoms with Crippen LogP contribution in [0, 0.1) is 0 Å². The van der Waals surface area contributed by atoms with E-state index in [1.165, 1.54) is 0 Å². The lowest BCUT2D eigenvalue weighted by atomic mass is 11.5. The summed E-state index contributed by atoms with van der Waals surface area (Å²) < 4.78 is 9.74. The fourth-order valence-corrected chi connectivity index (χ4v) is 0. The predicted molar refractivity (Wildman–Crippen MR) is 13.1 cm³/mol. The molecule has 0 rings (SSSR count). The van der Waals surface area contributed by atoms with Gasteiger partial charge in [0.2, 0.25) is 0 Å². The van der Waals surface area contributed by atoms with Crippen LogP contribution in [0.4, 0.5) is 0 Å². The average Bonchev–Trinajstić information content (AvgIpc) is 1.38. The summed E-state index contributed by atoms with van der Waals surface area (Å²) in [5.74, 6) is 0. The van der Waals surface area contributed by atoms with E-state index in [9.17, 15) is 4.79 Å². The van der Waals surface area contributed by atoms with Gasteiger partial charge in [0, 0.05) is 0 Å². The van der Waals surface area contributed by atoms with Gasteiger partial charge < -0.3 is 4.74 Å². The first kappa shape index (κ1) is 1.76. The largest absolute Gasteiger partial charge is 0.471 e. The third-order valence-electron chi connectivity index (χ3n) is 0.0833. The van der Waals surface area contributed by atoms with Gasteiger partial charge in [-0.2, -0.15) is 0 Å². The van der Waals surface area contributed by atoms with Crippen molar-refractivity contribution in [2.75, 3.05) is 7.11 Å². The fraction of sp³-hybridized carbons (Fsp3) is 0.500. The van der Waals surface area contributed by atoms with Gasteiger partial charge in [0.15, 0.2) is 1.37 Å². The molecular formula is C2H4O2. The molecule has 0 saturated carbocycles. The van der Waals surface area contributed by atoms with Gasteiger partial charge in [0.05, 0.1) is 7.11 Å². The Hall–Kier alpha value is -0.530. The molecule has 0 aliphatic rings. The highest BCUT2D eigenvalue weighted by atomic mass is 16.5. The first-order valence-electron chi connectivity index (χ1n) is 1.32. The predicted octanol–water partition coefficient (Wildman–Crippen LogP) is -0.211. The number of methoxy groups -OCH3 is 1. The number of rotatable bonds is 0. The van der Waals surface area contributed by atoms with Crippen LogP contribution in [0.1, 0.15) is 1.37 Å². The average molecular weight is 61.1 g/mol. The molecule has 0 aliphatic heterocycles. The van der Waals surface area contributed by atoms with E-state index in [-0.39, 0.29) is 0 Å². The molecule has 0 fully saturated rings. The number of carbonyl (C=O) groups is 1. The maximum absolute atomic E-state index is 9.26. The smallest absolute Gasteiger partial charge is 0.292 e. The Morgan fingerprint density at radius 2 is 2.75 bits per heavy atom. The lowest BCUT2D eigenvalue weighted by molar-refractivity contribution is -0.126. The van der Waals surface area contributed by atoms with E-state index in [4.69, 9.17) is 1.37 Å². The Morgan fingerprint density at radius 3 is 2.75 bits per heavy atom. The molecule has 0 N–H and O–H groups in total. The molecule has 2 nitrogen and oxygen atoms in total. The zero-order valence-electron chi connectivity index (χ0n) is 3.32. The van der Waals surface area contributed by atoms with Crippen LogP contribution >= 0.6 is 0 Å². The Bertz CT molecular complexity index is 42.9. The van der Waals surface area contributed by atoms with E-state index >= 15 is 0 Å². The number of hydrogen-bond acceptors (Lipinski definition) is 2. The zero-order chi connectivity index (χ0) is 4.28. The van der Waals surface area contributed by atoms with Crippen LogP contribution in [0.25, 0.3) is 0 Å². The van der Waals surface area contributed by atoms with Crippen molar-refractivity contribution in [1.82, 2.24) is 0 Å². The second-order valence-electron chi connectivity index (χ2n) is 0.287. The molecule has 4 heavy (non-hydrogen) atoms. The van der Waals surface area contributed by atoms with Gasteiger partial charge >= 0.3 is 0 Å². The van der Waals surface area contributed by atoms with Gasteiger partial charge in [-0.15, -0.1) is 0 Å². The van der Waals surface area contributed by atoms with Gasteiger partial charge in [-0.1, -0.05) is 0 Å². The summed E-state index contributed by atoms with van der Waals surface area (Å²) in [5, 5.41) is 0. The molecule has 0 aromatic rings. The van der Waals surface area contributed by atoms with Gasteiger partial charge in [0.25, 0.3) is 6.45 Å². The van der Waals surface area contributed by atoms with Crippen molar-refractivity contribution in [2.45, 2.75) is 0 Å². The monoisotopic (exact) mass is 61.0 g/mol. The van der Waals surface area contributed by atoms with E-state index in [2.05, 4.69) is 4.74 Å². The first-order chi connectivity index (χ1) is 2.27. The summed E-state index contributed by atoms with van der Waals surface area (Å²) in [5.41, 5.74) is 0. The van der Waals surface area contributed by atoms with E-state index < -0.39 is 6.45 Å². The summed E-state index contributed by atoms with van der Waals surface area (Å²) in [4.78, 5) is 9.26. The Labute approximate surface area is 25.8 Å². The molecule has 0 bridgehead atoms. The number of carbonyl (C=O) groups excluding carboxylic acids is 1. The maximum atomic E-state index is 9.26. The Balaban J connectivity index is 2.85. The molecule has 0 aliphatic carbocycles. The highest BCUT2D eigenvalue weighted by Gasteiger charge is 1.44. The standard InChI is InChI=1S/C2H4O2/c1-4-2-3/h2H,1H3/i2D. The van der Waals surface area contributed by atoms with E-state index in [0.29, 0.717) is 0 Å². The minimum absolute atomic E-state index is 0.995. The molecule has 2 heteroatoms. The van der Waals surface area contributed by atoms with Crippen LogP contribution in [0.2, 0.25) is 0 Å². The summed E-state index contributed by atoms with van der Waals surface area (Å²) >= 11 is 0. The van der Waals surface area contributed by atoms with Crippen LogP contribution in [0.15, 0.2) is 0 Å². The summed E-state index contributed by atoms with van der Waals surface area (Å²) in [6.07, 6.45) is -0.995. The van der Waals surface area contributed by atoms with Crippen molar-refractivity contribution < 1.29 is 10.9 Å². The van der Waals surface area contributed by atoms with Crippen LogP contribution < -0.4 is 0 Å². The van der Waals surface area contributed by atoms with Crippen LogP contribution in [-0.2, 0) is 9.53 Å². The minimum Gasteiger partial charge on any atom is -0.471 e. The molecule has 0 aromatic heterocycles. The molecular weight excluding hydrogens is 56.0 g/mol. The number of hydrogen-bond donors (Lipinski definition) is 0. The van der Waals surface area contributed by atoms with Gasteiger partial charge in [-0.25, -0.2) is 0 Å². The van der Waals surface area contributed by atoms with Crippen LogP contribution in [-0.4, -0.2) is 13.6 Å². The molecule has 0 saturated heterocycles. The topological polar surface area (TPSA) is 26.3 Å². The number of ether oxygens (including phenoxy) is 1. The third kappa shape index (κ3) is 1.47. The summed E-state index contributed by atoms with van der Waals surface area (Å²) in [6.45, 7) is 0. The molecule has 24 valence electrons. The van der Waals surface area contributed by atoms with Crippen molar-refractivity contribution in [3.05, 3.63) is 0 Å². The highest BCUT2D eigenvalue weighted by molar-refractivity contribution is 5.36. The van der Waals surface area contributed by atoms with Crippen molar-refractivity contribution in [2.24, 2.45) is 0 Å². The zero-order valence-corrected chi connectivity index (χ0v) is 2.32. The van der Waals surface area contributed by atoms with Crippen molar-refractivity contribution in [3.8, 4) is 0 Å². The van der Waals surface area contributed by atoms with Gasteiger partial charge in [-0.3, -0.25) is 4.79 Å². The van der Waals surface area contributed by atoms with Crippen LogP contribution in [0.3, 0.4) is 0 Å². The van der Waals surface area contributed by atoms with Crippen LogP contribution in [0.5, 0.6) is 0 Å². The summed E-state index contributed by atoms with van der Waals surface area (Å²) in [7, 11) is 1.16. The van der Waals surface area contributed by atoms with Crippen molar-refractivity contribution >= 4 is 6.45 Å². The molecule has 0 aromatic carbocycles. The van der Waals surface area contributed by atoms with E-state index in [1.54, 1.807) is 0 Å². The van der Waals surface area contributed by atoms with Gasteiger partial charge in [-0.05, 0) is 0 Å². The molecule has 0 atom stereocenters. The SMILES string of the molecule is [2H]C(=O)OC. The minimum atomic E-state index is -0.995. The summed E-state index contributed by atoms with van der Waals surface area (Å²) in [6, 6.07) is 0. The Kier molecular flexibility index (Phi) is 1.09.